The predicted molar refractivity (Wildman–Crippen MR) is 137 cm³/mol. The van der Waals surface area contributed by atoms with Crippen LogP contribution in [0.15, 0.2) is 47.2 Å². The van der Waals surface area contributed by atoms with E-state index in [1.54, 1.807) is 22.7 Å². The van der Waals surface area contributed by atoms with Crippen LogP contribution in [0.4, 0.5) is 0 Å². The van der Waals surface area contributed by atoms with Crippen LogP contribution in [0.1, 0.15) is 64.2 Å². The monoisotopic (exact) mass is 466 g/mol. The fourth-order valence-corrected chi connectivity index (χ4v) is 6.67. The van der Waals surface area contributed by atoms with Gasteiger partial charge in [0, 0.05) is 20.9 Å². The molecule has 2 aromatic heterocycles. The summed E-state index contributed by atoms with van der Waals surface area (Å²) in [5.41, 5.74) is 2.35. The molecule has 0 bridgehead atoms. The van der Waals surface area contributed by atoms with Crippen molar-refractivity contribution >= 4 is 22.7 Å². The standard InChI is InChI=1S/C28H34O2S2/c1-3-9-21(10-4-1)19-29-25-17-24(28-14-8-16-32-28)26(18-23(25)27-13-7-15-31-27)30-20-22-11-5-2-6-12-22/h7-8,13-18,21-22H,1-6,9-12,19-20H2. The fraction of sp³-hybridized carbons (Fsp3) is 0.500. The van der Waals surface area contributed by atoms with Gasteiger partial charge in [-0.1, -0.05) is 50.7 Å². The van der Waals surface area contributed by atoms with Gasteiger partial charge in [-0.2, -0.15) is 0 Å². The van der Waals surface area contributed by atoms with Gasteiger partial charge in [0.15, 0.2) is 0 Å². The van der Waals surface area contributed by atoms with Crippen molar-refractivity contribution in [1.29, 1.82) is 0 Å². The molecule has 2 heterocycles. The highest BCUT2D eigenvalue weighted by molar-refractivity contribution is 7.14. The van der Waals surface area contributed by atoms with Crippen LogP contribution in [-0.2, 0) is 0 Å². The molecule has 0 saturated heterocycles. The Hall–Kier alpha value is -1.78. The highest BCUT2D eigenvalue weighted by Crippen LogP contribution is 2.44. The maximum Gasteiger partial charge on any atom is 0.128 e. The molecule has 0 N–H and O–H groups in total. The molecule has 2 saturated carbocycles. The lowest BCUT2D eigenvalue weighted by Gasteiger charge is -2.24. The Morgan fingerprint density at radius 3 is 1.44 bits per heavy atom. The fourth-order valence-electron chi connectivity index (χ4n) is 5.17. The molecule has 0 atom stereocenters. The third-order valence-corrected chi connectivity index (χ3v) is 8.86. The minimum absolute atomic E-state index is 0.687. The lowest BCUT2D eigenvalue weighted by Crippen LogP contribution is -2.16. The Morgan fingerprint density at radius 2 is 1.06 bits per heavy atom. The Morgan fingerprint density at radius 1 is 0.625 bits per heavy atom. The number of hydrogen-bond acceptors (Lipinski definition) is 4. The van der Waals surface area contributed by atoms with Crippen molar-refractivity contribution in [2.45, 2.75) is 64.2 Å². The molecule has 0 amide bonds. The summed E-state index contributed by atoms with van der Waals surface area (Å²) in [7, 11) is 0. The summed E-state index contributed by atoms with van der Waals surface area (Å²) in [4.78, 5) is 2.51. The van der Waals surface area contributed by atoms with Gasteiger partial charge in [0.05, 0.1) is 13.2 Å². The molecule has 0 radical (unpaired) electrons. The lowest BCUT2D eigenvalue weighted by atomic mass is 9.90. The quantitative estimate of drug-likeness (QED) is 0.329. The molecule has 5 rings (SSSR count). The molecule has 1 aromatic carbocycles. The molecule has 0 aliphatic heterocycles. The number of thiophene rings is 2. The molecule has 4 heteroatoms. The van der Waals surface area contributed by atoms with Crippen LogP contribution in [-0.4, -0.2) is 13.2 Å². The number of rotatable bonds is 8. The third kappa shape index (κ3) is 5.40. The van der Waals surface area contributed by atoms with Gasteiger partial charge in [-0.25, -0.2) is 0 Å². The molecular formula is C28H34O2S2. The van der Waals surface area contributed by atoms with Gasteiger partial charge in [-0.15, -0.1) is 22.7 Å². The first kappa shape index (κ1) is 22.0. The normalized spacial score (nSPS) is 18.0. The van der Waals surface area contributed by atoms with Crippen molar-refractivity contribution in [3.05, 3.63) is 47.2 Å². The molecule has 2 aliphatic rings. The maximum atomic E-state index is 6.54. The Balaban J connectivity index is 1.45. The van der Waals surface area contributed by atoms with Crippen LogP contribution in [0.2, 0.25) is 0 Å². The Kier molecular flexibility index (Phi) is 7.50. The first-order chi connectivity index (χ1) is 15.9. The first-order valence-electron chi connectivity index (χ1n) is 12.4. The molecule has 3 aromatic rings. The molecule has 2 nitrogen and oxygen atoms in total. The number of benzene rings is 1. The SMILES string of the molecule is c1csc(-c2cc(OCC3CCCCC3)c(-c3cccs3)cc2OCC2CCCCC2)c1. The van der Waals surface area contributed by atoms with E-state index in [1.165, 1.54) is 85.1 Å². The van der Waals surface area contributed by atoms with Gasteiger partial charge in [0.25, 0.3) is 0 Å². The summed E-state index contributed by atoms with van der Waals surface area (Å²) in [6.45, 7) is 1.65. The van der Waals surface area contributed by atoms with Crippen LogP contribution >= 0.6 is 22.7 Å². The zero-order valence-electron chi connectivity index (χ0n) is 18.9. The minimum Gasteiger partial charge on any atom is -0.493 e. The van der Waals surface area contributed by atoms with E-state index in [1.807, 2.05) is 0 Å². The zero-order valence-corrected chi connectivity index (χ0v) is 20.5. The molecule has 170 valence electrons. The third-order valence-electron chi connectivity index (χ3n) is 7.05. The molecule has 0 unspecified atom stereocenters. The molecule has 32 heavy (non-hydrogen) atoms. The average molecular weight is 467 g/mol. The van der Waals surface area contributed by atoms with Crippen molar-refractivity contribution in [2.24, 2.45) is 11.8 Å². The van der Waals surface area contributed by atoms with Crippen LogP contribution in [0.5, 0.6) is 11.5 Å². The summed E-state index contributed by atoms with van der Waals surface area (Å²) in [6, 6.07) is 13.1. The topological polar surface area (TPSA) is 18.5 Å². The van der Waals surface area contributed by atoms with E-state index >= 15 is 0 Å². The smallest absolute Gasteiger partial charge is 0.128 e. The van der Waals surface area contributed by atoms with Crippen molar-refractivity contribution < 1.29 is 9.47 Å². The molecular weight excluding hydrogens is 432 g/mol. The number of hydrogen-bond donors (Lipinski definition) is 0. The number of ether oxygens (including phenoxy) is 2. The van der Waals surface area contributed by atoms with E-state index < -0.39 is 0 Å². The second-order valence-electron chi connectivity index (χ2n) is 9.43. The lowest BCUT2D eigenvalue weighted by molar-refractivity contribution is 0.205. The second kappa shape index (κ2) is 10.9. The van der Waals surface area contributed by atoms with Crippen molar-refractivity contribution in [1.82, 2.24) is 0 Å². The van der Waals surface area contributed by atoms with E-state index in [4.69, 9.17) is 9.47 Å². The first-order valence-corrected chi connectivity index (χ1v) is 14.1. The maximum absolute atomic E-state index is 6.54. The summed E-state index contributed by atoms with van der Waals surface area (Å²) in [6.07, 6.45) is 13.4. The average Bonchev–Trinajstić information content (AvgIpc) is 3.57. The molecule has 2 aliphatic carbocycles. The summed E-state index contributed by atoms with van der Waals surface area (Å²) < 4.78 is 13.1. The summed E-state index contributed by atoms with van der Waals surface area (Å²) >= 11 is 3.55. The van der Waals surface area contributed by atoms with Crippen molar-refractivity contribution in [3.8, 4) is 32.4 Å². The van der Waals surface area contributed by atoms with E-state index in [-0.39, 0.29) is 0 Å². The minimum atomic E-state index is 0.687. The van der Waals surface area contributed by atoms with Crippen LogP contribution in [0.3, 0.4) is 0 Å². The van der Waals surface area contributed by atoms with E-state index in [9.17, 15) is 0 Å². The van der Waals surface area contributed by atoms with Crippen molar-refractivity contribution in [3.63, 3.8) is 0 Å². The molecule has 0 spiro atoms. The Bertz CT molecular complexity index is 870. The van der Waals surface area contributed by atoms with E-state index in [0.29, 0.717) is 11.8 Å². The van der Waals surface area contributed by atoms with Crippen LogP contribution in [0.25, 0.3) is 20.9 Å². The van der Waals surface area contributed by atoms with Crippen LogP contribution in [0, 0.1) is 11.8 Å². The summed E-state index contributed by atoms with van der Waals surface area (Å²) in [5, 5.41) is 4.30. The van der Waals surface area contributed by atoms with Gasteiger partial charge < -0.3 is 9.47 Å². The van der Waals surface area contributed by atoms with Gasteiger partial charge in [-0.3, -0.25) is 0 Å². The predicted octanol–water partition coefficient (Wildman–Crippen LogP) is 9.06. The second-order valence-corrected chi connectivity index (χ2v) is 11.3. The van der Waals surface area contributed by atoms with Crippen molar-refractivity contribution in [2.75, 3.05) is 13.2 Å². The van der Waals surface area contributed by atoms with E-state index in [2.05, 4.69) is 47.2 Å². The van der Waals surface area contributed by atoms with Gasteiger partial charge in [0.1, 0.15) is 11.5 Å². The van der Waals surface area contributed by atoms with Gasteiger partial charge >= 0.3 is 0 Å². The van der Waals surface area contributed by atoms with E-state index in [0.717, 1.165) is 24.7 Å². The van der Waals surface area contributed by atoms with Gasteiger partial charge in [-0.05, 0) is 72.5 Å². The largest absolute Gasteiger partial charge is 0.493 e. The van der Waals surface area contributed by atoms with Crippen LogP contribution < -0.4 is 9.47 Å². The summed E-state index contributed by atoms with van der Waals surface area (Å²) in [5.74, 6) is 3.39. The molecule has 2 fully saturated rings. The highest BCUT2D eigenvalue weighted by atomic mass is 32.1. The highest BCUT2D eigenvalue weighted by Gasteiger charge is 2.21. The Labute approximate surface area is 200 Å². The zero-order chi connectivity index (χ0) is 21.6. The van der Waals surface area contributed by atoms with Gasteiger partial charge in [0.2, 0.25) is 0 Å².